The summed E-state index contributed by atoms with van der Waals surface area (Å²) < 4.78 is 27.2. The molecule has 0 amide bonds. The highest BCUT2D eigenvalue weighted by molar-refractivity contribution is 7.89. The molecule has 1 aromatic rings. The van der Waals surface area contributed by atoms with Gasteiger partial charge in [-0.3, -0.25) is 0 Å². The first-order chi connectivity index (χ1) is 7.06. The molecule has 1 rings (SSSR count). The van der Waals surface area contributed by atoms with Gasteiger partial charge in [-0.1, -0.05) is 6.92 Å². The Bertz CT molecular complexity index is 399. The predicted octanol–water partition coefficient (Wildman–Crippen LogP) is -0.692. The van der Waals surface area contributed by atoms with Crippen molar-refractivity contribution < 1.29 is 8.42 Å². The molecule has 7 heteroatoms. The third kappa shape index (κ3) is 3.61. The molecule has 0 bridgehead atoms. The topological polar surface area (TPSA) is 76.0 Å². The number of rotatable bonds is 6. The summed E-state index contributed by atoms with van der Waals surface area (Å²) in [4.78, 5) is 3.78. The number of sulfonamides is 1. The van der Waals surface area contributed by atoms with Crippen molar-refractivity contribution in [3.05, 3.63) is 12.5 Å². The molecular weight excluding hydrogens is 216 g/mol. The number of hydrogen-bond donors (Lipinski definition) is 2. The molecule has 0 spiro atoms. The van der Waals surface area contributed by atoms with Gasteiger partial charge >= 0.3 is 0 Å². The van der Waals surface area contributed by atoms with E-state index < -0.39 is 10.0 Å². The maximum Gasteiger partial charge on any atom is 0.259 e. The lowest BCUT2D eigenvalue weighted by Crippen LogP contribution is -2.31. The molecule has 0 fully saturated rings. The van der Waals surface area contributed by atoms with Crippen LogP contribution in [0.15, 0.2) is 17.6 Å². The summed E-state index contributed by atoms with van der Waals surface area (Å²) in [6.45, 7) is 3.77. The summed E-state index contributed by atoms with van der Waals surface area (Å²) >= 11 is 0. The second kappa shape index (κ2) is 5.24. The maximum atomic E-state index is 11.6. The number of hydrogen-bond acceptors (Lipinski definition) is 4. The lowest BCUT2D eigenvalue weighted by atomic mass is 10.6. The fourth-order valence-corrected chi connectivity index (χ4v) is 2.06. The minimum absolute atomic E-state index is 0.0569. The van der Waals surface area contributed by atoms with Crippen LogP contribution in [0.3, 0.4) is 0 Å². The van der Waals surface area contributed by atoms with Crippen molar-refractivity contribution in [2.24, 2.45) is 7.05 Å². The Morgan fingerprint density at radius 2 is 2.20 bits per heavy atom. The van der Waals surface area contributed by atoms with E-state index in [-0.39, 0.29) is 5.03 Å². The fraction of sp³-hybridized carbons (Fsp3) is 0.625. The summed E-state index contributed by atoms with van der Waals surface area (Å²) in [6, 6.07) is 0. The molecule has 86 valence electrons. The van der Waals surface area contributed by atoms with Gasteiger partial charge in [-0.2, -0.15) is 0 Å². The lowest BCUT2D eigenvalue weighted by molar-refractivity contribution is 0.574. The first-order valence-electron chi connectivity index (χ1n) is 4.74. The highest BCUT2D eigenvalue weighted by atomic mass is 32.2. The average molecular weight is 232 g/mol. The number of aromatic nitrogens is 2. The molecule has 0 aliphatic heterocycles. The van der Waals surface area contributed by atoms with Crippen LogP contribution in [0.1, 0.15) is 6.92 Å². The number of imidazole rings is 1. The van der Waals surface area contributed by atoms with Gasteiger partial charge in [-0.25, -0.2) is 18.1 Å². The van der Waals surface area contributed by atoms with Crippen molar-refractivity contribution in [1.29, 1.82) is 0 Å². The van der Waals surface area contributed by atoms with E-state index in [2.05, 4.69) is 15.0 Å². The van der Waals surface area contributed by atoms with Crippen LogP contribution in [0.5, 0.6) is 0 Å². The Balaban J connectivity index is 2.53. The molecule has 1 heterocycles. The standard InChI is InChI=1S/C8H16N4O2S/c1-3-9-4-5-11-15(13,14)8-6-12(2)7-10-8/h6-7,9,11H,3-5H2,1-2H3. The average Bonchev–Trinajstić information content (AvgIpc) is 2.60. The third-order valence-corrected chi connectivity index (χ3v) is 3.15. The van der Waals surface area contributed by atoms with Crippen LogP contribution in [-0.2, 0) is 17.1 Å². The monoisotopic (exact) mass is 232 g/mol. The lowest BCUT2D eigenvalue weighted by Gasteiger charge is -2.03. The third-order valence-electron chi connectivity index (χ3n) is 1.80. The van der Waals surface area contributed by atoms with Crippen LogP contribution in [0.4, 0.5) is 0 Å². The number of aryl methyl sites for hydroxylation is 1. The Labute approximate surface area is 89.8 Å². The van der Waals surface area contributed by atoms with Crippen molar-refractivity contribution in [3.63, 3.8) is 0 Å². The Kier molecular flexibility index (Phi) is 4.25. The van der Waals surface area contributed by atoms with Crippen molar-refractivity contribution in [2.45, 2.75) is 11.9 Å². The van der Waals surface area contributed by atoms with Crippen LogP contribution < -0.4 is 10.0 Å². The number of likely N-dealkylation sites (N-methyl/N-ethyl adjacent to an activating group) is 1. The Hall–Kier alpha value is -0.920. The molecule has 2 N–H and O–H groups in total. The minimum Gasteiger partial charge on any atom is -0.339 e. The SMILES string of the molecule is CCNCCNS(=O)(=O)c1cn(C)cn1. The van der Waals surface area contributed by atoms with Gasteiger partial charge in [-0.05, 0) is 6.54 Å². The van der Waals surface area contributed by atoms with E-state index in [9.17, 15) is 8.42 Å². The summed E-state index contributed by atoms with van der Waals surface area (Å²) in [5.74, 6) is 0. The van der Waals surface area contributed by atoms with Gasteiger partial charge in [0.25, 0.3) is 10.0 Å². The highest BCUT2D eigenvalue weighted by Gasteiger charge is 2.15. The van der Waals surface area contributed by atoms with Crippen LogP contribution in [0.25, 0.3) is 0 Å². The van der Waals surface area contributed by atoms with Crippen molar-refractivity contribution >= 4 is 10.0 Å². The van der Waals surface area contributed by atoms with Crippen molar-refractivity contribution in [2.75, 3.05) is 19.6 Å². The number of nitrogens with one attached hydrogen (secondary N) is 2. The molecule has 0 saturated heterocycles. The normalized spacial score (nSPS) is 11.9. The van der Waals surface area contributed by atoms with Gasteiger partial charge in [0.1, 0.15) is 0 Å². The van der Waals surface area contributed by atoms with E-state index in [0.29, 0.717) is 13.1 Å². The largest absolute Gasteiger partial charge is 0.339 e. The fourth-order valence-electron chi connectivity index (χ4n) is 1.05. The van der Waals surface area contributed by atoms with Gasteiger partial charge in [0.05, 0.1) is 6.33 Å². The molecule has 6 nitrogen and oxygen atoms in total. The van der Waals surface area contributed by atoms with E-state index in [1.54, 1.807) is 11.6 Å². The molecule has 0 aromatic carbocycles. The molecule has 0 atom stereocenters. The smallest absolute Gasteiger partial charge is 0.259 e. The van der Waals surface area contributed by atoms with E-state index in [1.165, 1.54) is 12.5 Å². The molecule has 0 radical (unpaired) electrons. The summed E-state index contributed by atoms with van der Waals surface area (Å²) in [5.41, 5.74) is 0. The highest BCUT2D eigenvalue weighted by Crippen LogP contribution is 2.02. The molecule has 0 aliphatic rings. The second-order valence-corrected chi connectivity index (χ2v) is 4.84. The first kappa shape index (κ1) is 12.2. The first-order valence-corrected chi connectivity index (χ1v) is 6.23. The van der Waals surface area contributed by atoms with Crippen molar-refractivity contribution in [1.82, 2.24) is 19.6 Å². The van der Waals surface area contributed by atoms with E-state index in [0.717, 1.165) is 6.54 Å². The van der Waals surface area contributed by atoms with E-state index >= 15 is 0 Å². The molecular formula is C8H16N4O2S. The molecule has 0 saturated carbocycles. The zero-order valence-electron chi connectivity index (χ0n) is 8.90. The molecule has 1 aromatic heterocycles. The second-order valence-electron chi connectivity index (χ2n) is 3.13. The van der Waals surface area contributed by atoms with E-state index in [4.69, 9.17) is 0 Å². The quantitative estimate of drug-likeness (QED) is 0.636. The maximum absolute atomic E-state index is 11.6. The van der Waals surface area contributed by atoms with Gasteiger partial charge in [0, 0.05) is 26.3 Å². The molecule has 15 heavy (non-hydrogen) atoms. The Morgan fingerprint density at radius 1 is 1.47 bits per heavy atom. The Morgan fingerprint density at radius 3 is 2.73 bits per heavy atom. The van der Waals surface area contributed by atoms with Gasteiger partial charge in [0.2, 0.25) is 0 Å². The van der Waals surface area contributed by atoms with Crippen LogP contribution in [0, 0.1) is 0 Å². The predicted molar refractivity (Wildman–Crippen MR) is 56.9 cm³/mol. The minimum atomic E-state index is -3.44. The van der Waals surface area contributed by atoms with Crippen LogP contribution >= 0.6 is 0 Å². The number of nitrogens with zero attached hydrogens (tertiary/aromatic N) is 2. The molecule has 0 aliphatic carbocycles. The molecule has 0 unspecified atom stereocenters. The zero-order chi connectivity index (χ0) is 11.3. The van der Waals surface area contributed by atoms with Gasteiger partial charge in [0.15, 0.2) is 5.03 Å². The zero-order valence-corrected chi connectivity index (χ0v) is 9.71. The van der Waals surface area contributed by atoms with Crippen LogP contribution in [-0.4, -0.2) is 37.6 Å². The van der Waals surface area contributed by atoms with Crippen LogP contribution in [0.2, 0.25) is 0 Å². The summed E-state index contributed by atoms with van der Waals surface area (Å²) in [5, 5.41) is 3.08. The summed E-state index contributed by atoms with van der Waals surface area (Å²) in [6.07, 6.45) is 2.93. The van der Waals surface area contributed by atoms with Gasteiger partial charge < -0.3 is 9.88 Å². The van der Waals surface area contributed by atoms with Crippen molar-refractivity contribution in [3.8, 4) is 0 Å². The summed E-state index contributed by atoms with van der Waals surface area (Å²) in [7, 11) is -1.72. The van der Waals surface area contributed by atoms with E-state index in [1.807, 2.05) is 6.92 Å². The van der Waals surface area contributed by atoms with Gasteiger partial charge in [-0.15, -0.1) is 0 Å².